The fraction of sp³-hybridized carbons (Fsp3) is 0.909. The molecule has 0 spiro atoms. The molecular formula is C11H20O3. The molecule has 1 rings (SSSR count). The molecule has 0 bridgehead atoms. The van der Waals surface area contributed by atoms with E-state index in [1.807, 2.05) is 0 Å². The number of hydrogen-bond acceptors (Lipinski definition) is 2. The minimum atomic E-state index is -1.15. The summed E-state index contributed by atoms with van der Waals surface area (Å²) in [6, 6.07) is 0. The fourth-order valence-corrected chi connectivity index (χ4v) is 2.19. The van der Waals surface area contributed by atoms with Crippen molar-refractivity contribution in [1.29, 1.82) is 0 Å². The summed E-state index contributed by atoms with van der Waals surface area (Å²) in [6.07, 6.45) is 7.69. The summed E-state index contributed by atoms with van der Waals surface area (Å²) >= 11 is 0. The molecule has 14 heavy (non-hydrogen) atoms. The lowest BCUT2D eigenvalue weighted by atomic mass is 9.87. The average molecular weight is 200 g/mol. The largest absolute Gasteiger partial charge is 0.479 e. The Morgan fingerprint density at radius 1 is 1.14 bits per heavy atom. The number of aliphatic hydroxyl groups is 1. The topological polar surface area (TPSA) is 57.5 Å². The molecule has 1 fully saturated rings. The molecule has 0 heterocycles. The van der Waals surface area contributed by atoms with Gasteiger partial charge in [0, 0.05) is 0 Å². The molecule has 3 nitrogen and oxygen atoms in total. The van der Waals surface area contributed by atoms with Crippen LogP contribution in [0.1, 0.15) is 51.4 Å². The minimum Gasteiger partial charge on any atom is -0.479 e. The highest BCUT2D eigenvalue weighted by Gasteiger charge is 2.20. The summed E-state index contributed by atoms with van der Waals surface area (Å²) in [5.74, 6) is -0.659. The van der Waals surface area contributed by atoms with Crippen LogP contribution in [0, 0.1) is 5.92 Å². The maximum Gasteiger partial charge on any atom is 0.332 e. The molecule has 1 unspecified atom stereocenters. The van der Waals surface area contributed by atoms with Gasteiger partial charge in [0.05, 0.1) is 0 Å². The summed E-state index contributed by atoms with van der Waals surface area (Å²) in [4.78, 5) is 10.5. The van der Waals surface area contributed by atoms with Gasteiger partial charge in [-0.3, -0.25) is 0 Å². The minimum absolute atomic E-state index is 0.418. The molecule has 3 heteroatoms. The summed E-state index contributed by atoms with van der Waals surface area (Å²) in [5.41, 5.74) is 0. The fourth-order valence-electron chi connectivity index (χ4n) is 2.19. The molecule has 82 valence electrons. The first kappa shape index (κ1) is 11.5. The normalized spacial score (nSPS) is 22.4. The van der Waals surface area contributed by atoms with E-state index in [-0.39, 0.29) is 0 Å². The van der Waals surface area contributed by atoms with Crippen molar-refractivity contribution in [3.63, 3.8) is 0 Å². The van der Waals surface area contributed by atoms with Crippen LogP contribution in [0.3, 0.4) is 0 Å². The van der Waals surface area contributed by atoms with E-state index in [4.69, 9.17) is 5.11 Å². The van der Waals surface area contributed by atoms with Crippen LogP contribution in [0.25, 0.3) is 0 Å². The third kappa shape index (κ3) is 4.09. The van der Waals surface area contributed by atoms with Gasteiger partial charge in [0.25, 0.3) is 0 Å². The van der Waals surface area contributed by atoms with Gasteiger partial charge in [-0.05, 0) is 12.3 Å². The number of aliphatic carboxylic acids is 1. The maximum atomic E-state index is 10.5. The van der Waals surface area contributed by atoms with Crippen LogP contribution in [0.4, 0.5) is 0 Å². The van der Waals surface area contributed by atoms with Crippen molar-refractivity contribution in [1.82, 2.24) is 0 Å². The molecule has 0 amide bonds. The number of hydrogen-bond donors (Lipinski definition) is 2. The molecule has 1 atom stereocenters. The van der Waals surface area contributed by atoms with E-state index in [0.717, 1.165) is 12.8 Å². The highest BCUT2D eigenvalue weighted by molar-refractivity contribution is 5.71. The SMILES string of the molecule is O=C(O)C(O)CC1CCCCCCC1. The van der Waals surface area contributed by atoms with Gasteiger partial charge in [0.1, 0.15) is 0 Å². The van der Waals surface area contributed by atoms with E-state index < -0.39 is 12.1 Å². The van der Waals surface area contributed by atoms with Gasteiger partial charge in [-0.15, -0.1) is 0 Å². The van der Waals surface area contributed by atoms with Gasteiger partial charge in [0.2, 0.25) is 0 Å². The highest BCUT2D eigenvalue weighted by Crippen LogP contribution is 2.25. The lowest BCUT2D eigenvalue weighted by Gasteiger charge is -2.20. The number of carbonyl (C=O) groups is 1. The summed E-state index contributed by atoms with van der Waals surface area (Å²) in [6.45, 7) is 0. The van der Waals surface area contributed by atoms with E-state index in [1.165, 1.54) is 32.1 Å². The van der Waals surface area contributed by atoms with Crippen LogP contribution in [0.15, 0.2) is 0 Å². The monoisotopic (exact) mass is 200 g/mol. The zero-order valence-corrected chi connectivity index (χ0v) is 8.61. The summed E-state index contributed by atoms with van der Waals surface area (Å²) in [7, 11) is 0. The molecule has 1 aliphatic carbocycles. The van der Waals surface area contributed by atoms with Crippen molar-refractivity contribution in [2.75, 3.05) is 0 Å². The Kier molecular flexibility index (Phi) is 4.94. The standard InChI is InChI=1S/C11H20O3/c12-10(11(13)14)8-9-6-4-2-1-3-5-7-9/h9-10,12H,1-8H2,(H,13,14). The lowest BCUT2D eigenvalue weighted by molar-refractivity contribution is -0.147. The molecule has 0 saturated heterocycles. The first-order valence-electron chi connectivity index (χ1n) is 5.61. The maximum absolute atomic E-state index is 10.5. The van der Waals surface area contributed by atoms with E-state index in [9.17, 15) is 9.90 Å². The number of carboxylic acid groups (broad SMARTS) is 1. The summed E-state index contributed by atoms with van der Waals surface area (Å²) in [5, 5.41) is 17.8. The van der Waals surface area contributed by atoms with Crippen LogP contribution < -0.4 is 0 Å². The lowest BCUT2D eigenvalue weighted by Crippen LogP contribution is -2.23. The van der Waals surface area contributed by atoms with Crippen LogP contribution in [-0.2, 0) is 4.79 Å². The highest BCUT2D eigenvalue weighted by atomic mass is 16.4. The molecule has 0 aromatic carbocycles. The number of aliphatic hydroxyl groups excluding tert-OH is 1. The first-order chi connectivity index (χ1) is 6.70. The van der Waals surface area contributed by atoms with Crippen LogP contribution in [0.2, 0.25) is 0 Å². The number of rotatable bonds is 3. The van der Waals surface area contributed by atoms with Crippen molar-refractivity contribution >= 4 is 5.97 Å². The Hall–Kier alpha value is -0.570. The quantitative estimate of drug-likeness (QED) is 0.734. The van der Waals surface area contributed by atoms with Crippen molar-refractivity contribution in [3.8, 4) is 0 Å². The van der Waals surface area contributed by atoms with E-state index in [2.05, 4.69) is 0 Å². The Morgan fingerprint density at radius 3 is 2.14 bits per heavy atom. The second kappa shape index (κ2) is 6.02. The molecule has 2 N–H and O–H groups in total. The molecule has 0 radical (unpaired) electrons. The van der Waals surface area contributed by atoms with Gasteiger partial charge in [0.15, 0.2) is 6.10 Å². The van der Waals surface area contributed by atoms with Gasteiger partial charge >= 0.3 is 5.97 Å². The zero-order chi connectivity index (χ0) is 10.4. The Bertz CT molecular complexity index is 171. The third-order valence-corrected chi connectivity index (χ3v) is 3.07. The summed E-state index contributed by atoms with van der Waals surface area (Å²) < 4.78 is 0. The van der Waals surface area contributed by atoms with Gasteiger partial charge in [-0.1, -0.05) is 44.9 Å². The zero-order valence-electron chi connectivity index (χ0n) is 8.61. The molecule has 0 aliphatic heterocycles. The van der Waals surface area contributed by atoms with Crippen LogP contribution in [0.5, 0.6) is 0 Å². The van der Waals surface area contributed by atoms with Crippen molar-refractivity contribution in [2.24, 2.45) is 5.92 Å². The smallest absolute Gasteiger partial charge is 0.332 e. The van der Waals surface area contributed by atoms with E-state index in [1.54, 1.807) is 0 Å². The van der Waals surface area contributed by atoms with Crippen molar-refractivity contribution < 1.29 is 15.0 Å². The van der Waals surface area contributed by atoms with Crippen molar-refractivity contribution in [2.45, 2.75) is 57.5 Å². The van der Waals surface area contributed by atoms with Gasteiger partial charge in [-0.25, -0.2) is 4.79 Å². The molecule has 0 aromatic heterocycles. The second-order valence-corrected chi connectivity index (χ2v) is 4.30. The second-order valence-electron chi connectivity index (χ2n) is 4.30. The van der Waals surface area contributed by atoms with Gasteiger partial charge < -0.3 is 10.2 Å². The average Bonchev–Trinajstić information content (AvgIpc) is 2.08. The van der Waals surface area contributed by atoms with E-state index >= 15 is 0 Å². The van der Waals surface area contributed by atoms with Crippen LogP contribution in [-0.4, -0.2) is 22.3 Å². The van der Waals surface area contributed by atoms with Crippen molar-refractivity contribution in [3.05, 3.63) is 0 Å². The van der Waals surface area contributed by atoms with E-state index in [0.29, 0.717) is 12.3 Å². The third-order valence-electron chi connectivity index (χ3n) is 3.07. The molecule has 1 aliphatic rings. The molecular weight excluding hydrogens is 180 g/mol. The predicted octanol–water partition coefficient (Wildman–Crippen LogP) is 2.18. The first-order valence-corrected chi connectivity index (χ1v) is 5.61. The molecule has 0 aromatic rings. The predicted molar refractivity (Wildman–Crippen MR) is 54.1 cm³/mol. The van der Waals surface area contributed by atoms with Gasteiger partial charge in [-0.2, -0.15) is 0 Å². The Morgan fingerprint density at radius 2 is 1.64 bits per heavy atom. The molecule has 1 saturated carbocycles. The van der Waals surface area contributed by atoms with Crippen LogP contribution >= 0.6 is 0 Å². The number of carboxylic acids is 1. The Balaban J connectivity index is 2.29. The Labute approximate surface area is 85.1 Å².